The molecule has 0 atom stereocenters. The van der Waals surface area contributed by atoms with Crippen LogP contribution >= 0.6 is 23.5 Å². The van der Waals surface area contributed by atoms with E-state index < -0.39 is 0 Å². The fourth-order valence-corrected chi connectivity index (χ4v) is 2.76. The zero-order valence-corrected chi connectivity index (χ0v) is 14.8. The van der Waals surface area contributed by atoms with Gasteiger partial charge in [0.05, 0.1) is 12.8 Å². The molecular weight excluding hydrogens is 360 g/mol. The molecule has 0 bridgehead atoms. The maximum absolute atomic E-state index is 6.06. The molecule has 2 aromatic carbocycles. The molecule has 0 aliphatic heterocycles. The van der Waals surface area contributed by atoms with E-state index in [0.29, 0.717) is 22.7 Å². The van der Waals surface area contributed by atoms with Crippen molar-refractivity contribution in [1.82, 2.24) is 9.97 Å². The molecule has 0 aliphatic carbocycles. The van der Waals surface area contributed by atoms with Crippen molar-refractivity contribution in [3.63, 3.8) is 0 Å². The fraction of sp³-hybridized carbons (Fsp3) is 0.0588. The van der Waals surface area contributed by atoms with E-state index in [4.69, 9.17) is 21.2 Å². The SMILES string of the molecule is CONc1cccc(SNc2nc(Cl)cc(Oc3ccccc3)n2)c1. The molecule has 0 saturated carbocycles. The lowest BCUT2D eigenvalue weighted by molar-refractivity contribution is 0.271. The summed E-state index contributed by atoms with van der Waals surface area (Å²) in [6.07, 6.45) is 0. The summed E-state index contributed by atoms with van der Waals surface area (Å²) >= 11 is 7.41. The smallest absolute Gasteiger partial charge is 0.237 e. The molecule has 0 aliphatic rings. The Hall–Kier alpha value is -2.48. The Morgan fingerprint density at radius 3 is 2.64 bits per heavy atom. The Labute approximate surface area is 154 Å². The highest BCUT2D eigenvalue weighted by Crippen LogP contribution is 2.26. The number of hydrogen-bond acceptors (Lipinski definition) is 7. The van der Waals surface area contributed by atoms with Crippen molar-refractivity contribution in [2.45, 2.75) is 4.90 Å². The van der Waals surface area contributed by atoms with Crippen LogP contribution in [-0.4, -0.2) is 17.1 Å². The summed E-state index contributed by atoms with van der Waals surface area (Å²) in [6, 6.07) is 18.6. The van der Waals surface area contributed by atoms with Gasteiger partial charge in [-0.1, -0.05) is 35.9 Å². The Morgan fingerprint density at radius 2 is 1.84 bits per heavy atom. The van der Waals surface area contributed by atoms with Crippen molar-refractivity contribution in [3.8, 4) is 11.6 Å². The third kappa shape index (κ3) is 5.25. The van der Waals surface area contributed by atoms with Crippen LogP contribution in [0.1, 0.15) is 0 Å². The molecule has 0 fully saturated rings. The van der Waals surface area contributed by atoms with E-state index in [1.54, 1.807) is 13.2 Å². The first kappa shape index (κ1) is 17.3. The maximum atomic E-state index is 6.06. The molecule has 3 rings (SSSR count). The topological polar surface area (TPSA) is 68.3 Å². The van der Waals surface area contributed by atoms with Gasteiger partial charge in [0.15, 0.2) is 0 Å². The van der Waals surface area contributed by atoms with Crippen LogP contribution in [0.4, 0.5) is 11.6 Å². The van der Waals surface area contributed by atoms with Crippen molar-refractivity contribution in [2.24, 2.45) is 0 Å². The minimum absolute atomic E-state index is 0.291. The predicted octanol–water partition coefficient (Wildman–Crippen LogP) is 5.01. The number of ether oxygens (including phenoxy) is 1. The van der Waals surface area contributed by atoms with Crippen LogP contribution in [0.25, 0.3) is 0 Å². The third-order valence-corrected chi connectivity index (χ3v) is 3.92. The largest absolute Gasteiger partial charge is 0.439 e. The Balaban J connectivity index is 1.69. The molecule has 6 nitrogen and oxygen atoms in total. The Kier molecular flexibility index (Phi) is 5.95. The van der Waals surface area contributed by atoms with Crippen LogP contribution in [0, 0.1) is 0 Å². The number of nitrogens with zero attached hydrogens (tertiary/aromatic N) is 2. The summed E-state index contributed by atoms with van der Waals surface area (Å²) in [5.41, 5.74) is 3.62. The summed E-state index contributed by atoms with van der Waals surface area (Å²) in [5, 5.41) is 0.291. The second kappa shape index (κ2) is 8.57. The molecular formula is C17H15ClN4O2S. The van der Waals surface area contributed by atoms with Crippen LogP contribution in [0.2, 0.25) is 5.15 Å². The molecule has 1 aromatic heterocycles. The minimum Gasteiger partial charge on any atom is -0.439 e. The summed E-state index contributed by atoms with van der Waals surface area (Å²) in [5.74, 6) is 1.40. The molecule has 0 amide bonds. The lowest BCUT2D eigenvalue weighted by Crippen LogP contribution is -1.98. The first-order valence-electron chi connectivity index (χ1n) is 7.32. The molecule has 0 spiro atoms. The van der Waals surface area contributed by atoms with E-state index in [9.17, 15) is 0 Å². The summed E-state index contributed by atoms with van der Waals surface area (Å²) in [4.78, 5) is 14.3. The van der Waals surface area contributed by atoms with Gasteiger partial charge in [0.1, 0.15) is 10.9 Å². The number of halogens is 1. The van der Waals surface area contributed by atoms with Crippen LogP contribution in [0.5, 0.6) is 11.6 Å². The van der Waals surface area contributed by atoms with Gasteiger partial charge in [-0.15, -0.1) is 0 Å². The van der Waals surface area contributed by atoms with E-state index in [-0.39, 0.29) is 0 Å². The summed E-state index contributed by atoms with van der Waals surface area (Å²) in [7, 11) is 1.56. The lowest BCUT2D eigenvalue weighted by atomic mass is 10.3. The monoisotopic (exact) mass is 374 g/mol. The van der Waals surface area contributed by atoms with Crippen molar-refractivity contribution in [2.75, 3.05) is 17.3 Å². The van der Waals surface area contributed by atoms with E-state index >= 15 is 0 Å². The number of para-hydroxylation sites is 1. The van der Waals surface area contributed by atoms with Crippen molar-refractivity contribution < 1.29 is 9.57 Å². The highest BCUT2D eigenvalue weighted by atomic mass is 35.5. The molecule has 25 heavy (non-hydrogen) atoms. The zero-order valence-electron chi connectivity index (χ0n) is 13.3. The average molecular weight is 375 g/mol. The molecule has 2 N–H and O–H groups in total. The van der Waals surface area contributed by atoms with Crippen molar-refractivity contribution in [1.29, 1.82) is 0 Å². The van der Waals surface area contributed by atoms with Crippen LogP contribution < -0.4 is 14.9 Å². The molecule has 8 heteroatoms. The zero-order chi connectivity index (χ0) is 17.5. The summed E-state index contributed by atoms with van der Waals surface area (Å²) in [6.45, 7) is 0. The molecule has 3 aromatic rings. The van der Waals surface area contributed by atoms with E-state index in [0.717, 1.165) is 10.6 Å². The second-order valence-electron chi connectivity index (χ2n) is 4.81. The van der Waals surface area contributed by atoms with E-state index in [1.165, 1.54) is 11.9 Å². The summed E-state index contributed by atoms with van der Waals surface area (Å²) < 4.78 is 8.75. The number of anilines is 2. The first-order chi connectivity index (χ1) is 12.2. The number of rotatable bonds is 7. The Morgan fingerprint density at radius 1 is 1.00 bits per heavy atom. The van der Waals surface area contributed by atoms with Crippen LogP contribution in [-0.2, 0) is 4.84 Å². The Bertz CT molecular complexity index is 836. The quantitative estimate of drug-likeness (QED) is 0.342. The highest BCUT2D eigenvalue weighted by molar-refractivity contribution is 8.00. The highest BCUT2D eigenvalue weighted by Gasteiger charge is 2.06. The molecule has 1 heterocycles. The van der Waals surface area contributed by atoms with Gasteiger partial charge in [0.25, 0.3) is 0 Å². The average Bonchev–Trinajstić information content (AvgIpc) is 2.61. The van der Waals surface area contributed by atoms with Crippen molar-refractivity contribution in [3.05, 3.63) is 65.8 Å². The minimum atomic E-state index is 0.291. The standard InChI is InChI=1S/C17H15ClN4O2S/c1-23-21-12-6-5-9-14(10-12)25-22-17-19-15(18)11-16(20-17)24-13-7-3-2-4-8-13/h2-11,21H,1H3,(H,19,20,22). The van der Waals surface area contributed by atoms with Gasteiger partial charge < -0.3 is 4.74 Å². The normalized spacial score (nSPS) is 10.3. The predicted molar refractivity (Wildman–Crippen MR) is 100 cm³/mol. The van der Waals surface area contributed by atoms with Gasteiger partial charge in [-0.05, 0) is 42.3 Å². The van der Waals surface area contributed by atoms with E-state index in [1.807, 2.05) is 54.6 Å². The molecule has 0 saturated heterocycles. The van der Waals surface area contributed by atoms with Gasteiger partial charge in [-0.25, -0.2) is 4.98 Å². The van der Waals surface area contributed by atoms with Gasteiger partial charge in [-0.2, -0.15) is 4.98 Å². The van der Waals surface area contributed by atoms with Gasteiger partial charge in [-0.3, -0.25) is 15.0 Å². The van der Waals surface area contributed by atoms with E-state index in [2.05, 4.69) is 20.2 Å². The van der Waals surface area contributed by atoms with Gasteiger partial charge in [0, 0.05) is 11.0 Å². The fourth-order valence-electron chi connectivity index (χ4n) is 1.95. The van der Waals surface area contributed by atoms with Gasteiger partial charge in [0.2, 0.25) is 11.8 Å². The molecule has 128 valence electrons. The van der Waals surface area contributed by atoms with Crippen LogP contribution in [0.3, 0.4) is 0 Å². The number of hydrogen-bond donors (Lipinski definition) is 2. The number of nitrogens with one attached hydrogen (secondary N) is 2. The van der Waals surface area contributed by atoms with Gasteiger partial charge >= 0.3 is 0 Å². The number of aromatic nitrogens is 2. The third-order valence-electron chi connectivity index (χ3n) is 2.95. The number of benzene rings is 2. The molecule has 0 radical (unpaired) electrons. The maximum Gasteiger partial charge on any atom is 0.237 e. The lowest BCUT2D eigenvalue weighted by Gasteiger charge is -2.09. The second-order valence-corrected chi connectivity index (χ2v) is 6.07. The van der Waals surface area contributed by atoms with Crippen LogP contribution in [0.15, 0.2) is 65.6 Å². The molecule has 0 unspecified atom stereocenters. The van der Waals surface area contributed by atoms with Crippen molar-refractivity contribution >= 4 is 35.2 Å². The first-order valence-corrected chi connectivity index (χ1v) is 8.52.